The van der Waals surface area contributed by atoms with Crippen LogP contribution in [0.2, 0.25) is 0 Å². The lowest BCUT2D eigenvalue weighted by Gasteiger charge is -2.07. The molecule has 0 fully saturated rings. The van der Waals surface area contributed by atoms with Gasteiger partial charge in [-0.3, -0.25) is 5.43 Å². The van der Waals surface area contributed by atoms with Crippen LogP contribution in [0.1, 0.15) is 16.7 Å². The van der Waals surface area contributed by atoms with Crippen molar-refractivity contribution in [1.29, 1.82) is 0 Å². The second-order valence-electron chi connectivity index (χ2n) is 5.75. The lowest BCUT2D eigenvalue weighted by molar-refractivity contribution is 1.05. The van der Waals surface area contributed by atoms with Crippen LogP contribution in [0.25, 0.3) is 10.9 Å². The minimum atomic E-state index is 0.717. The molecule has 2 aromatic carbocycles. The summed E-state index contributed by atoms with van der Waals surface area (Å²) >= 11 is 1.50. The molecule has 1 N–H and O–H groups in total. The van der Waals surface area contributed by atoms with Crippen molar-refractivity contribution >= 4 is 39.7 Å². The first kappa shape index (κ1) is 14.9. The highest BCUT2D eigenvalue weighted by molar-refractivity contribution is 8.13. The molecule has 0 bridgehead atoms. The SMILES string of the molecule is Cc1ccc(N=C2NN=Cc3cc4cccc(C)c4nc3S2)cc1. The summed E-state index contributed by atoms with van der Waals surface area (Å²) in [6.45, 7) is 4.14. The van der Waals surface area contributed by atoms with Crippen molar-refractivity contribution in [3.05, 3.63) is 65.2 Å². The van der Waals surface area contributed by atoms with Crippen LogP contribution in [-0.4, -0.2) is 16.4 Å². The van der Waals surface area contributed by atoms with Crippen LogP contribution in [-0.2, 0) is 0 Å². The summed E-state index contributed by atoms with van der Waals surface area (Å²) in [5.41, 5.74) is 8.30. The van der Waals surface area contributed by atoms with E-state index in [1.807, 2.05) is 24.3 Å². The summed E-state index contributed by atoms with van der Waals surface area (Å²) in [5, 5.41) is 7.02. The Balaban J connectivity index is 1.76. The molecule has 1 aliphatic rings. The van der Waals surface area contributed by atoms with Crippen LogP contribution in [0.3, 0.4) is 0 Å². The summed E-state index contributed by atoms with van der Waals surface area (Å²) in [6, 6.07) is 16.4. The third kappa shape index (κ3) is 2.90. The van der Waals surface area contributed by atoms with Gasteiger partial charge in [0.15, 0.2) is 5.17 Å². The Labute approximate surface area is 144 Å². The minimum absolute atomic E-state index is 0.717. The van der Waals surface area contributed by atoms with Gasteiger partial charge in [-0.15, -0.1) is 0 Å². The molecule has 1 aromatic heterocycles. The van der Waals surface area contributed by atoms with Crippen molar-refractivity contribution in [2.45, 2.75) is 18.9 Å². The number of amidine groups is 1. The van der Waals surface area contributed by atoms with Gasteiger partial charge < -0.3 is 0 Å². The molecule has 0 saturated carbocycles. The van der Waals surface area contributed by atoms with Crippen molar-refractivity contribution in [2.24, 2.45) is 10.1 Å². The van der Waals surface area contributed by atoms with Crippen LogP contribution >= 0.6 is 11.8 Å². The number of thioether (sulfide) groups is 1. The van der Waals surface area contributed by atoms with Gasteiger partial charge in [0.05, 0.1) is 17.4 Å². The molecule has 3 aromatic rings. The van der Waals surface area contributed by atoms with E-state index in [2.05, 4.69) is 53.6 Å². The summed E-state index contributed by atoms with van der Waals surface area (Å²) in [6.07, 6.45) is 1.80. The Hall–Kier alpha value is -2.66. The van der Waals surface area contributed by atoms with Crippen molar-refractivity contribution in [2.75, 3.05) is 0 Å². The Morgan fingerprint density at radius 2 is 1.88 bits per heavy atom. The van der Waals surface area contributed by atoms with Crippen molar-refractivity contribution in [3.63, 3.8) is 0 Å². The van der Waals surface area contributed by atoms with E-state index in [1.54, 1.807) is 6.21 Å². The molecule has 4 nitrogen and oxygen atoms in total. The standard InChI is InChI=1S/C19H16N4S/c1-12-6-8-16(9-7-12)21-19-23-20-11-15-10-14-5-3-4-13(2)17(14)22-18(15)24-19/h3-11H,1-2H3,(H,21,23). The lowest BCUT2D eigenvalue weighted by Crippen LogP contribution is -2.11. The number of aryl methyl sites for hydroxylation is 2. The number of fused-ring (bicyclic) bond motifs is 2. The summed E-state index contributed by atoms with van der Waals surface area (Å²) in [7, 11) is 0. The summed E-state index contributed by atoms with van der Waals surface area (Å²) < 4.78 is 0. The molecule has 24 heavy (non-hydrogen) atoms. The number of rotatable bonds is 1. The molecule has 0 saturated heterocycles. The van der Waals surface area contributed by atoms with E-state index >= 15 is 0 Å². The van der Waals surface area contributed by atoms with Gasteiger partial charge in [-0.2, -0.15) is 5.10 Å². The normalized spacial score (nSPS) is 15.2. The van der Waals surface area contributed by atoms with Gasteiger partial charge >= 0.3 is 0 Å². The molecule has 4 rings (SSSR count). The highest BCUT2D eigenvalue weighted by Gasteiger charge is 2.14. The van der Waals surface area contributed by atoms with E-state index in [0.29, 0.717) is 5.17 Å². The maximum Gasteiger partial charge on any atom is 0.188 e. The van der Waals surface area contributed by atoms with Crippen LogP contribution in [0, 0.1) is 13.8 Å². The van der Waals surface area contributed by atoms with Gasteiger partial charge in [-0.1, -0.05) is 35.9 Å². The Bertz CT molecular complexity index is 975. The molecule has 0 aliphatic carbocycles. The second kappa shape index (κ2) is 6.09. The lowest BCUT2D eigenvalue weighted by atomic mass is 10.1. The number of nitrogens with one attached hydrogen (secondary N) is 1. The van der Waals surface area contributed by atoms with Gasteiger partial charge in [0.25, 0.3) is 0 Å². The van der Waals surface area contributed by atoms with Crippen molar-refractivity contribution in [3.8, 4) is 0 Å². The third-order valence-electron chi connectivity index (χ3n) is 3.86. The number of aromatic nitrogens is 1. The first-order chi connectivity index (χ1) is 11.7. The summed E-state index contributed by atoms with van der Waals surface area (Å²) in [4.78, 5) is 9.47. The number of para-hydroxylation sites is 1. The largest absolute Gasteiger partial charge is 0.255 e. The van der Waals surface area contributed by atoms with E-state index in [4.69, 9.17) is 4.98 Å². The van der Waals surface area contributed by atoms with Crippen molar-refractivity contribution < 1.29 is 0 Å². The fourth-order valence-electron chi connectivity index (χ4n) is 2.58. The zero-order valence-corrected chi connectivity index (χ0v) is 14.3. The van der Waals surface area contributed by atoms with E-state index in [-0.39, 0.29) is 0 Å². The number of hydrogen-bond acceptors (Lipinski definition) is 4. The quantitative estimate of drug-likeness (QED) is 0.710. The zero-order valence-electron chi connectivity index (χ0n) is 13.4. The number of hydrogen-bond donors (Lipinski definition) is 1. The van der Waals surface area contributed by atoms with Crippen LogP contribution in [0.15, 0.2) is 63.7 Å². The number of benzene rings is 2. The summed E-state index contributed by atoms with van der Waals surface area (Å²) in [5.74, 6) is 0. The molecular weight excluding hydrogens is 316 g/mol. The Kier molecular flexibility index (Phi) is 3.78. The Morgan fingerprint density at radius 1 is 1.04 bits per heavy atom. The fraction of sp³-hybridized carbons (Fsp3) is 0.105. The van der Waals surface area contributed by atoms with Crippen LogP contribution in [0.5, 0.6) is 0 Å². The molecule has 0 unspecified atom stereocenters. The fourth-order valence-corrected chi connectivity index (χ4v) is 3.38. The van der Waals surface area contributed by atoms with E-state index in [1.165, 1.54) is 22.9 Å². The molecular formula is C19H16N4S. The van der Waals surface area contributed by atoms with Crippen LogP contribution < -0.4 is 5.43 Å². The molecule has 0 atom stereocenters. The first-order valence-electron chi connectivity index (χ1n) is 7.72. The van der Waals surface area contributed by atoms with E-state index < -0.39 is 0 Å². The average molecular weight is 332 g/mol. The van der Waals surface area contributed by atoms with Crippen LogP contribution in [0.4, 0.5) is 5.69 Å². The molecule has 0 spiro atoms. The van der Waals surface area contributed by atoms with Gasteiger partial charge in [-0.05, 0) is 49.4 Å². The van der Waals surface area contributed by atoms with E-state index in [0.717, 1.165) is 27.2 Å². The third-order valence-corrected chi connectivity index (χ3v) is 4.76. The molecule has 1 aliphatic heterocycles. The molecule has 118 valence electrons. The van der Waals surface area contributed by atoms with Crippen molar-refractivity contribution in [1.82, 2.24) is 10.4 Å². The predicted molar refractivity (Wildman–Crippen MR) is 101 cm³/mol. The van der Waals surface area contributed by atoms with Gasteiger partial charge in [-0.25, -0.2) is 9.98 Å². The number of nitrogens with zero attached hydrogens (tertiary/aromatic N) is 3. The smallest absolute Gasteiger partial charge is 0.188 e. The number of pyridine rings is 1. The maximum atomic E-state index is 4.83. The number of hydrazone groups is 1. The monoisotopic (exact) mass is 332 g/mol. The van der Waals surface area contributed by atoms with E-state index in [9.17, 15) is 0 Å². The predicted octanol–water partition coefficient (Wildman–Crippen LogP) is 4.57. The average Bonchev–Trinajstić information content (AvgIpc) is 2.77. The minimum Gasteiger partial charge on any atom is -0.255 e. The Morgan fingerprint density at radius 3 is 2.71 bits per heavy atom. The van der Waals surface area contributed by atoms with Gasteiger partial charge in [0, 0.05) is 10.9 Å². The van der Waals surface area contributed by atoms with Gasteiger partial charge in [0.2, 0.25) is 0 Å². The highest BCUT2D eigenvalue weighted by Crippen LogP contribution is 2.28. The first-order valence-corrected chi connectivity index (χ1v) is 8.53. The highest BCUT2D eigenvalue weighted by atomic mass is 32.2. The maximum absolute atomic E-state index is 4.83. The molecule has 0 radical (unpaired) electrons. The molecule has 2 heterocycles. The molecule has 5 heteroatoms. The zero-order chi connectivity index (χ0) is 16.5. The topological polar surface area (TPSA) is 49.6 Å². The second-order valence-corrected chi connectivity index (χ2v) is 6.73. The molecule has 0 amide bonds. The number of aliphatic imine (C=N–C) groups is 1. The van der Waals surface area contributed by atoms with Gasteiger partial charge in [0.1, 0.15) is 5.03 Å².